The van der Waals surface area contributed by atoms with Crippen molar-refractivity contribution in [3.63, 3.8) is 0 Å². The summed E-state index contributed by atoms with van der Waals surface area (Å²) in [5, 5.41) is 3.81. The number of carbonyl (C=O) groups excluding carboxylic acids is 1. The molecule has 1 aromatic heterocycles. The number of hydrogen-bond donors (Lipinski definition) is 2. The fraction of sp³-hybridized carbons (Fsp3) is 0.636. The number of oxazole rings is 1. The molecule has 0 saturated heterocycles. The Balaban J connectivity index is 2.47. The Bertz CT molecular complexity index is 354. The first kappa shape index (κ1) is 14.1. The van der Waals surface area contributed by atoms with E-state index in [2.05, 4.69) is 10.3 Å². The molecule has 1 amide bonds. The standard InChI is InChI=1S/C11H19N3O2S/c1-8(2)14-11(3,9(12)15)4-7-17-10-13-5-6-16-10/h5-6,8,14H,4,7H2,1-3H3,(H2,12,15). The molecule has 0 aromatic carbocycles. The lowest BCUT2D eigenvalue weighted by Crippen LogP contribution is -2.55. The molecule has 0 aliphatic heterocycles. The smallest absolute Gasteiger partial charge is 0.255 e. The monoisotopic (exact) mass is 257 g/mol. The molecular weight excluding hydrogens is 238 g/mol. The van der Waals surface area contributed by atoms with Crippen LogP contribution in [-0.2, 0) is 4.79 Å². The van der Waals surface area contributed by atoms with E-state index in [4.69, 9.17) is 10.2 Å². The lowest BCUT2D eigenvalue weighted by Gasteiger charge is -2.29. The molecule has 0 fully saturated rings. The molecule has 17 heavy (non-hydrogen) atoms. The van der Waals surface area contributed by atoms with E-state index in [-0.39, 0.29) is 11.9 Å². The summed E-state index contributed by atoms with van der Waals surface area (Å²) in [5.41, 5.74) is 4.74. The highest BCUT2D eigenvalue weighted by Crippen LogP contribution is 2.20. The van der Waals surface area contributed by atoms with Crippen molar-refractivity contribution in [1.29, 1.82) is 0 Å². The van der Waals surface area contributed by atoms with Crippen molar-refractivity contribution in [2.45, 2.75) is 44.0 Å². The number of aromatic nitrogens is 1. The Morgan fingerprint density at radius 2 is 2.41 bits per heavy atom. The number of thioether (sulfide) groups is 1. The topological polar surface area (TPSA) is 81.2 Å². The largest absolute Gasteiger partial charge is 0.440 e. The number of nitrogens with two attached hydrogens (primary N) is 1. The third kappa shape index (κ3) is 4.40. The van der Waals surface area contributed by atoms with Gasteiger partial charge in [-0.2, -0.15) is 0 Å². The van der Waals surface area contributed by atoms with Crippen LogP contribution < -0.4 is 11.1 Å². The molecule has 1 aromatic rings. The summed E-state index contributed by atoms with van der Waals surface area (Å²) < 4.78 is 5.11. The van der Waals surface area contributed by atoms with Crippen LogP contribution in [0.4, 0.5) is 0 Å². The molecule has 1 rings (SSSR count). The number of primary amides is 1. The van der Waals surface area contributed by atoms with Crippen LogP contribution in [0.25, 0.3) is 0 Å². The van der Waals surface area contributed by atoms with Gasteiger partial charge in [0.1, 0.15) is 6.26 Å². The van der Waals surface area contributed by atoms with E-state index in [1.165, 1.54) is 18.0 Å². The Kier molecular flexibility index (Phi) is 5.02. The van der Waals surface area contributed by atoms with E-state index in [0.29, 0.717) is 11.6 Å². The average molecular weight is 257 g/mol. The molecule has 5 nitrogen and oxygen atoms in total. The quantitative estimate of drug-likeness (QED) is 0.722. The van der Waals surface area contributed by atoms with Crippen molar-refractivity contribution in [3.8, 4) is 0 Å². The van der Waals surface area contributed by atoms with Crippen molar-refractivity contribution < 1.29 is 9.21 Å². The number of nitrogens with zero attached hydrogens (tertiary/aromatic N) is 1. The second-order valence-corrected chi connectivity index (χ2v) is 5.44. The minimum atomic E-state index is -0.687. The fourth-order valence-corrected chi connectivity index (χ4v) is 2.47. The maximum absolute atomic E-state index is 11.5. The lowest BCUT2D eigenvalue weighted by molar-refractivity contribution is -0.124. The molecule has 0 radical (unpaired) electrons. The zero-order chi connectivity index (χ0) is 12.9. The predicted octanol–water partition coefficient (Wildman–Crippen LogP) is 1.40. The summed E-state index contributed by atoms with van der Waals surface area (Å²) in [6.07, 6.45) is 3.76. The number of amides is 1. The molecule has 1 atom stereocenters. The Labute approximate surface area is 106 Å². The summed E-state index contributed by atoms with van der Waals surface area (Å²) in [4.78, 5) is 15.5. The molecule has 0 aliphatic rings. The van der Waals surface area contributed by atoms with Gasteiger partial charge in [-0.05, 0) is 27.2 Å². The highest BCUT2D eigenvalue weighted by molar-refractivity contribution is 7.99. The van der Waals surface area contributed by atoms with Gasteiger partial charge in [-0.25, -0.2) is 4.98 Å². The van der Waals surface area contributed by atoms with Crippen LogP contribution >= 0.6 is 11.8 Å². The van der Waals surface area contributed by atoms with Gasteiger partial charge in [0.25, 0.3) is 5.22 Å². The Morgan fingerprint density at radius 1 is 1.71 bits per heavy atom. The molecule has 0 aliphatic carbocycles. The highest BCUT2D eigenvalue weighted by atomic mass is 32.2. The normalized spacial score (nSPS) is 14.8. The van der Waals surface area contributed by atoms with Crippen LogP contribution in [0.15, 0.2) is 22.1 Å². The fourth-order valence-electron chi connectivity index (χ4n) is 1.53. The minimum Gasteiger partial charge on any atom is -0.440 e. The van der Waals surface area contributed by atoms with Crippen LogP contribution in [0, 0.1) is 0 Å². The summed E-state index contributed by atoms with van der Waals surface area (Å²) in [7, 11) is 0. The SMILES string of the molecule is CC(C)NC(C)(CCSc1ncco1)C(N)=O. The van der Waals surface area contributed by atoms with Crippen molar-refractivity contribution in [3.05, 3.63) is 12.5 Å². The van der Waals surface area contributed by atoms with Gasteiger partial charge in [0, 0.05) is 11.8 Å². The summed E-state index contributed by atoms with van der Waals surface area (Å²) in [5.74, 6) is 0.388. The zero-order valence-electron chi connectivity index (χ0n) is 10.4. The zero-order valence-corrected chi connectivity index (χ0v) is 11.2. The van der Waals surface area contributed by atoms with E-state index < -0.39 is 5.54 Å². The van der Waals surface area contributed by atoms with Gasteiger partial charge < -0.3 is 15.5 Å². The Hall–Kier alpha value is -1.01. The van der Waals surface area contributed by atoms with E-state index in [9.17, 15) is 4.79 Å². The van der Waals surface area contributed by atoms with Gasteiger partial charge in [-0.15, -0.1) is 0 Å². The molecule has 1 heterocycles. The number of carbonyl (C=O) groups is 1. The predicted molar refractivity (Wildman–Crippen MR) is 67.7 cm³/mol. The third-order valence-corrected chi connectivity index (χ3v) is 3.25. The van der Waals surface area contributed by atoms with Crippen LogP contribution in [-0.4, -0.2) is 28.2 Å². The van der Waals surface area contributed by atoms with E-state index >= 15 is 0 Å². The van der Waals surface area contributed by atoms with Gasteiger partial charge in [0.15, 0.2) is 0 Å². The van der Waals surface area contributed by atoms with E-state index in [0.717, 1.165) is 5.75 Å². The van der Waals surface area contributed by atoms with Gasteiger partial charge >= 0.3 is 0 Å². The van der Waals surface area contributed by atoms with E-state index in [1.54, 1.807) is 6.20 Å². The van der Waals surface area contributed by atoms with E-state index in [1.807, 2.05) is 20.8 Å². The second-order valence-electron chi connectivity index (χ2n) is 4.39. The minimum absolute atomic E-state index is 0.208. The summed E-state index contributed by atoms with van der Waals surface area (Å²) in [6.45, 7) is 5.80. The van der Waals surface area contributed by atoms with Crippen LogP contribution in [0.5, 0.6) is 0 Å². The number of rotatable bonds is 7. The van der Waals surface area contributed by atoms with Gasteiger partial charge in [-0.3, -0.25) is 4.79 Å². The molecule has 96 valence electrons. The van der Waals surface area contributed by atoms with Gasteiger partial charge in [0.05, 0.1) is 11.7 Å². The molecular formula is C11H19N3O2S. The first-order chi connectivity index (χ1) is 7.94. The average Bonchev–Trinajstić information content (AvgIpc) is 2.69. The maximum atomic E-state index is 11.5. The second kappa shape index (κ2) is 6.07. The van der Waals surface area contributed by atoms with Crippen LogP contribution in [0.2, 0.25) is 0 Å². The third-order valence-electron chi connectivity index (χ3n) is 2.39. The van der Waals surface area contributed by atoms with Crippen molar-refractivity contribution in [2.24, 2.45) is 5.73 Å². The molecule has 3 N–H and O–H groups in total. The first-order valence-electron chi connectivity index (χ1n) is 5.54. The molecule has 0 bridgehead atoms. The lowest BCUT2D eigenvalue weighted by atomic mass is 9.97. The number of nitrogens with one attached hydrogen (secondary N) is 1. The molecule has 6 heteroatoms. The highest BCUT2D eigenvalue weighted by Gasteiger charge is 2.31. The maximum Gasteiger partial charge on any atom is 0.255 e. The van der Waals surface area contributed by atoms with Crippen molar-refractivity contribution in [1.82, 2.24) is 10.3 Å². The van der Waals surface area contributed by atoms with Crippen LogP contribution in [0.1, 0.15) is 27.2 Å². The van der Waals surface area contributed by atoms with Gasteiger partial charge in [-0.1, -0.05) is 11.8 Å². The molecule has 1 unspecified atom stereocenters. The van der Waals surface area contributed by atoms with Crippen molar-refractivity contribution >= 4 is 17.7 Å². The molecule has 0 saturated carbocycles. The van der Waals surface area contributed by atoms with Gasteiger partial charge in [0.2, 0.25) is 5.91 Å². The Morgan fingerprint density at radius 3 is 2.88 bits per heavy atom. The summed E-state index contributed by atoms with van der Waals surface area (Å²) in [6, 6.07) is 0.208. The summed E-state index contributed by atoms with van der Waals surface area (Å²) >= 11 is 1.47. The van der Waals surface area contributed by atoms with Crippen molar-refractivity contribution in [2.75, 3.05) is 5.75 Å². The molecule has 0 spiro atoms. The number of hydrogen-bond acceptors (Lipinski definition) is 5. The van der Waals surface area contributed by atoms with Crippen LogP contribution in [0.3, 0.4) is 0 Å². The first-order valence-corrected chi connectivity index (χ1v) is 6.52.